The molecule has 10 heteroatoms. The average Bonchev–Trinajstić information content (AvgIpc) is 3.08. The van der Waals surface area contributed by atoms with Crippen LogP contribution >= 0.6 is 0 Å². The van der Waals surface area contributed by atoms with E-state index in [2.05, 4.69) is 20.4 Å². The van der Waals surface area contributed by atoms with Gasteiger partial charge in [0.2, 0.25) is 11.7 Å². The van der Waals surface area contributed by atoms with Crippen molar-refractivity contribution in [2.24, 2.45) is 5.92 Å². The molecule has 2 aromatic rings. The minimum atomic E-state index is -3.05. The van der Waals surface area contributed by atoms with Crippen LogP contribution in [0.3, 0.4) is 0 Å². The second kappa shape index (κ2) is 7.81. The van der Waals surface area contributed by atoms with E-state index in [1.165, 1.54) is 6.26 Å². The van der Waals surface area contributed by atoms with E-state index in [9.17, 15) is 13.2 Å². The molecular formula is C16H21N5O4S. The van der Waals surface area contributed by atoms with E-state index in [4.69, 9.17) is 4.52 Å². The lowest BCUT2D eigenvalue weighted by atomic mass is 10.0. The van der Waals surface area contributed by atoms with E-state index >= 15 is 0 Å². The Kier molecular flexibility index (Phi) is 5.50. The van der Waals surface area contributed by atoms with Gasteiger partial charge >= 0.3 is 6.03 Å². The Hall–Kier alpha value is -2.49. The fourth-order valence-electron chi connectivity index (χ4n) is 3.02. The molecule has 0 aliphatic carbocycles. The summed E-state index contributed by atoms with van der Waals surface area (Å²) in [6, 6.07) is 3.33. The smallest absolute Gasteiger partial charge is 0.317 e. The van der Waals surface area contributed by atoms with Crippen molar-refractivity contribution < 1.29 is 17.7 Å². The number of carbonyl (C=O) groups is 1. The molecule has 1 N–H and O–H groups in total. The number of aromatic nitrogens is 3. The van der Waals surface area contributed by atoms with Gasteiger partial charge in [-0.05, 0) is 30.9 Å². The maximum Gasteiger partial charge on any atom is 0.317 e. The molecule has 26 heavy (non-hydrogen) atoms. The second-order valence-electron chi connectivity index (χ2n) is 6.46. The van der Waals surface area contributed by atoms with Crippen LogP contribution in [0.5, 0.6) is 0 Å². The Morgan fingerprint density at radius 3 is 3.04 bits per heavy atom. The van der Waals surface area contributed by atoms with E-state index in [0.29, 0.717) is 24.8 Å². The Bertz CT molecular complexity index is 853. The maximum absolute atomic E-state index is 12.3. The highest BCUT2D eigenvalue weighted by Crippen LogP contribution is 2.18. The van der Waals surface area contributed by atoms with Gasteiger partial charge in [-0.25, -0.2) is 13.2 Å². The third-order valence-corrected chi connectivity index (χ3v) is 5.20. The molecule has 0 radical (unpaired) electrons. The average molecular weight is 379 g/mol. The molecule has 9 nitrogen and oxygen atoms in total. The zero-order valence-electron chi connectivity index (χ0n) is 14.5. The minimum Gasteiger partial charge on any atom is -0.337 e. The van der Waals surface area contributed by atoms with E-state index in [-0.39, 0.29) is 24.2 Å². The lowest BCUT2D eigenvalue weighted by molar-refractivity contribution is 0.168. The summed E-state index contributed by atoms with van der Waals surface area (Å²) in [6.45, 7) is 1.15. The van der Waals surface area contributed by atoms with Gasteiger partial charge < -0.3 is 14.7 Å². The van der Waals surface area contributed by atoms with Gasteiger partial charge in [-0.3, -0.25) is 4.98 Å². The Balaban J connectivity index is 1.53. The van der Waals surface area contributed by atoms with Gasteiger partial charge in [0.05, 0.1) is 12.3 Å². The molecule has 2 aromatic heterocycles. The number of hydrogen-bond donors (Lipinski definition) is 1. The number of piperidine rings is 1. The summed E-state index contributed by atoms with van der Waals surface area (Å²) in [5, 5.41) is 6.61. The van der Waals surface area contributed by atoms with E-state index < -0.39 is 9.84 Å². The van der Waals surface area contributed by atoms with Crippen LogP contribution < -0.4 is 5.32 Å². The number of urea groups is 1. The molecule has 3 rings (SSSR count). The van der Waals surface area contributed by atoms with Crippen molar-refractivity contribution in [1.82, 2.24) is 25.3 Å². The Morgan fingerprint density at radius 1 is 1.46 bits per heavy atom. The number of pyridine rings is 1. The maximum atomic E-state index is 12.3. The number of carbonyl (C=O) groups excluding carboxylic acids is 1. The van der Waals surface area contributed by atoms with Crippen LogP contribution in [0.2, 0.25) is 0 Å². The van der Waals surface area contributed by atoms with Gasteiger partial charge in [-0.15, -0.1) is 0 Å². The normalized spacial score (nSPS) is 17.9. The molecular weight excluding hydrogens is 358 g/mol. The Labute approximate surface area is 151 Å². The second-order valence-corrected chi connectivity index (χ2v) is 8.64. The summed E-state index contributed by atoms with van der Waals surface area (Å²) in [5.74, 6) is 0.787. The van der Waals surface area contributed by atoms with Crippen LogP contribution in [0.4, 0.5) is 4.79 Å². The van der Waals surface area contributed by atoms with Gasteiger partial charge in [-0.2, -0.15) is 4.98 Å². The first kappa shape index (κ1) is 18.3. The first-order chi connectivity index (χ1) is 12.4. The van der Waals surface area contributed by atoms with Gasteiger partial charge in [0.1, 0.15) is 9.84 Å². The molecule has 1 fully saturated rings. The lowest BCUT2D eigenvalue weighted by Gasteiger charge is -2.32. The molecule has 0 aromatic carbocycles. The van der Waals surface area contributed by atoms with Crippen LogP contribution in [0.15, 0.2) is 29.0 Å². The largest absolute Gasteiger partial charge is 0.337 e. The minimum absolute atomic E-state index is 0.0231. The van der Waals surface area contributed by atoms with Crippen LogP contribution in [-0.2, 0) is 16.4 Å². The number of sulfone groups is 1. The number of nitrogens with zero attached hydrogens (tertiary/aromatic N) is 4. The molecule has 1 aliphatic heterocycles. The van der Waals surface area contributed by atoms with Crippen molar-refractivity contribution in [3.8, 4) is 11.4 Å². The van der Waals surface area contributed by atoms with Crippen molar-refractivity contribution in [3.05, 3.63) is 30.4 Å². The molecule has 1 saturated heterocycles. The standard InChI is InChI=1S/C16H21N5O4S/c1-26(23,24)11-12-4-3-7-21(10-12)16(22)18-9-14-19-15(20-25-14)13-5-2-6-17-8-13/h2,5-6,8,12H,3-4,7,9-11H2,1H3,(H,18,22)/t12-/m0/s1. The van der Waals surface area contributed by atoms with E-state index in [1.807, 2.05) is 6.07 Å². The van der Waals surface area contributed by atoms with Gasteiger partial charge in [0, 0.05) is 37.3 Å². The number of hydrogen-bond acceptors (Lipinski definition) is 7. The number of rotatable bonds is 5. The van der Waals surface area contributed by atoms with E-state index in [1.54, 1.807) is 23.4 Å². The third kappa shape index (κ3) is 5.01. The highest BCUT2D eigenvalue weighted by molar-refractivity contribution is 7.90. The van der Waals surface area contributed by atoms with Crippen LogP contribution in [0, 0.1) is 5.92 Å². The molecule has 0 saturated carbocycles. The van der Waals surface area contributed by atoms with Gasteiger partial charge in [0.25, 0.3) is 0 Å². The van der Waals surface area contributed by atoms with Crippen molar-refractivity contribution >= 4 is 15.9 Å². The number of likely N-dealkylation sites (tertiary alicyclic amines) is 1. The van der Waals surface area contributed by atoms with Gasteiger partial charge in [0.15, 0.2) is 0 Å². The summed E-state index contributed by atoms with van der Waals surface area (Å²) in [7, 11) is -3.05. The molecule has 2 amide bonds. The topological polar surface area (TPSA) is 118 Å². The number of amides is 2. The molecule has 0 spiro atoms. The van der Waals surface area contributed by atoms with Crippen molar-refractivity contribution in [2.45, 2.75) is 19.4 Å². The molecule has 1 aliphatic rings. The fourth-order valence-corrected chi connectivity index (χ4v) is 4.14. The highest BCUT2D eigenvalue weighted by Gasteiger charge is 2.26. The molecule has 3 heterocycles. The summed E-state index contributed by atoms with van der Waals surface area (Å²) in [5.41, 5.74) is 0.730. The molecule has 140 valence electrons. The summed E-state index contributed by atoms with van der Waals surface area (Å²) >= 11 is 0. The molecule has 0 bridgehead atoms. The quantitative estimate of drug-likeness (QED) is 0.826. The lowest BCUT2D eigenvalue weighted by Crippen LogP contribution is -2.46. The number of nitrogens with one attached hydrogen (secondary N) is 1. The monoisotopic (exact) mass is 379 g/mol. The van der Waals surface area contributed by atoms with Crippen molar-refractivity contribution in [2.75, 3.05) is 25.1 Å². The SMILES string of the molecule is CS(=O)(=O)C[C@H]1CCCN(C(=O)NCc2nc(-c3cccnc3)no2)C1. The summed E-state index contributed by atoms with van der Waals surface area (Å²) in [6.07, 6.45) is 6.11. The summed E-state index contributed by atoms with van der Waals surface area (Å²) in [4.78, 5) is 22.2. The predicted octanol–water partition coefficient (Wildman–Crippen LogP) is 1.10. The predicted molar refractivity (Wildman–Crippen MR) is 93.8 cm³/mol. The first-order valence-electron chi connectivity index (χ1n) is 8.34. The van der Waals surface area contributed by atoms with Crippen LogP contribution in [-0.4, -0.2) is 59.6 Å². The molecule has 1 atom stereocenters. The zero-order chi connectivity index (χ0) is 18.6. The van der Waals surface area contributed by atoms with Crippen LogP contribution in [0.1, 0.15) is 18.7 Å². The first-order valence-corrected chi connectivity index (χ1v) is 10.4. The third-order valence-electron chi connectivity index (χ3n) is 4.12. The molecule has 0 unspecified atom stereocenters. The van der Waals surface area contributed by atoms with E-state index in [0.717, 1.165) is 18.4 Å². The Morgan fingerprint density at radius 2 is 2.31 bits per heavy atom. The zero-order valence-corrected chi connectivity index (χ0v) is 15.3. The van der Waals surface area contributed by atoms with Gasteiger partial charge in [-0.1, -0.05) is 5.16 Å². The highest BCUT2D eigenvalue weighted by atomic mass is 32.2. The summed E-state index contributed by atoms with van der Waals surface area (Å²) < 4.78 is 28.1. The van der Waals surface area contributed by atoms with Crippen LogP contribution in [0.25, 0.3) is 11.4 Å². The van der Waals surface area contributed by atoms with Crippen molar-refractivity contribution in [3.63, 3.8) is 0 Å². The fraction of sp³-hybridized carbons (Fsp3) is 0.500. The van der Waals surface area contributed by atoms with Crippen molar-refractivity contribution in [1.29, 1.82) is 0 Å².